The second-order valence-electron chi connectivity index (χ2n) is 3.99. The van der Waals surface area contributed by atoms with Crippen LogP contribution < -0.4 is 0 Å². The van der Waals surface area contributed by atoms with Crippen molar-refractivity contribution in [3.05, 3.63) is 18.2 Å². The molecule has 1 aliphatic carbocycles. The van der Waals surface area contributed by atoms with Crippen molar-refractivity contribution in [2.45, 2.75) is 32.2 Å². The van der Waals surface area contributed by atoms with Crippen molar-refractivity contribution in [2.75, 3.05) is 0 Å². The van der Waals surface area contributed by atoms with E-state index < -0.39 is 0 Å². The lowest BCUT2D eigenvalue weighted by Gasteiger charge is -2.12. The maximum atomic E-state index is 5.79. The van der Waals surface area contributed by atoms with E-state index in [1.807, 2.05) is 12.5 Å². The van der Waals surface area contributed by atoms with Crippen LogP contribution in [0.4, 0.5) is 0 Å². The number of aromatic nitrogens is 2. The van der Waals surface area contributed by atoms with Crippen LogP contribution in [0.2, 0.25) is 0 Å². The van der Waals surface area contributed by atoms with Gasteiger partial charge in [-0.25, -0.2) is 4.98 Å². The molecule has 1 fully saturated rings. The summed E-state index contributed by atoms with van der Waals surface area (Å²) < 4.78 is 2.18. The summed E-state index contributed by atoms with van der Waals surface area (Å²) in [6.45, 7) is 3.39. The Balaban J connectivity index is 1.99. The van der Waals surface area contributed by atoms with Crippen LogP contribution in [0.15, 0.2) is 12.5 Å². The fraction of sp³-hybridized carbons (Fsp3) is 0.700. The molecule has 3 heteroatoms. The van der Waals surface area contributed by atoms with Gasteiger partial charge in [0.15, 0.2) is 0 Å². The molecule has 1 saturated carbocycles. The molecule has 0 N–H and O–H groups in total. The SMILES string of the molecule is CC(Cn1cncc1CCl)C1CC1. The molecule has 0 amide bonds. The maximum Gasteiger partial charge on any atom is 0.0948 e. The molecule has 1 heterocycles. The van der Waals surface area contributed by atoms with Crippen molar-refractivity contribution in [3.8, 4) is 0 Å². The van der Waals surface area contributed by atoms with Gasteiger partial charge in [0.1, 0.15) is 0 Å². The molecule has 0 saturated heterocycles. The predicted octanol–water partition coefficient (Wildman–Crippen LogP) is 2.67. The fourth-order valence-electron chi connectivity index (χ4n) is 1.75. The summed E-state index contributed by atoms with van der Waals surface area (Å²) in [7, 11) is 0. The van der Waals surface area contributed by atoms with Crippen LogP contribution in [0.25, 0.3) is 0 Å². The van der Waals surface area contributed by atoms with E-state index in [0.29, 0.717) is 5.88 Å². The highest BCUT2D eigenvalue weighted by molar-refractivity contribution is 6.16. The van der Waals surface area contributed by atoms with Crippen molar-refractivity contribution < 1.29 is 0 Å². The third-order valence-corrected chi connectivity index (χ3v) is 3.12. The van der Waals surface area contributed by atoms with Crippen LogP contribution in [0.5, 0.6) is 0 Å². The Bertz CT molecular complexity index is 278. The standard InChI is InChI=1S/C10H15ClN2/c1-8(9-2-3-9)6-13-7-12-5-10(13)4-11/h5,7-9H,2-4,6H2,1H3. The maximum absolute atomic E-state index is 5.79. The topological polar surface area (TPSA) is 17.8 Å². The molecule has 2 rings (SSSR count). The van der Waals surface area contributed by atoms with E-state index in [2.05, 4.69) is 16.5 Å². The summed E-state index contributed by atoms with van der Waals surface area (Å²) in [5, 5.41) is 0. The summed E-state index contributed by atoms with van der Waals surface area (Å²) >= 11 is 5.79. The second kappa shape index (κ2) is 3.70. The molecule has 0 spiro atoms. The molecule has 0 aliphatic heterocycles. The first-order chi connectivity index (χ1) is 6.31. The molecule has 0 radical (unpaired) electrons. The average molecular weight is 199 g/mol. The highest BCUT2D eigenvalue weighted by Gasteiger charge is 2.28. The zero-order chi connectivity index (χ0) is 9.26. The Morgan fingerprint density at radius 1 is 1.69 bits per heavy atom. The average Bonchev–Trinajstić information content (AvgIpc) is 2.88. The van der Waals surface area contributed by atoms with E-state index in [9.17, 15) is 0 Å². The monoisotopic (exact) mass is 198 g/mol. The van der Waals surface area contributed by atoms with E-state index >= 15 is 0 Å². The molecule has 2 nitrogen and oxygen atoms in total. The molecule has 1 aromatic rings. The van der Waals surface area contributed by atoms with Gasteiger partial charge in [-0.05, 0) is 24.7 Å². The van der Waals surface area contributed by atoms with E-state index in [0.717, 1.165) is 24.1 Å². The van der Waals surface area contributed by atoms with Crippen LogP contribution in [-0.4, -0.2) is 9.55 Å². The first-order valence-electron chi connectivity index (χ1n) is 4.86. The quantitative estimate of drug-likeness (QED) is 0.681. The Kier molecular flexibility index (Phi) is 2.58. The summed E-state index contributed by atoms with van der Waals surface area (Å²) in [6.07, 6.45) is 6.56. The number of nitrogens with zero attached hydrogens (tertiary/aromatic N) is 2. The molecule has 1 atom stereocenters. The smallest absolute Gasteiger partial charge is 0.0948 e. The molecule has 72 valence electrons. The van der Waals surface area contributed by atoms with Gasteiger partial charge in [-0.2, -0.15) is 0 Å². The Hall–Kier alpha value is -0.500. The van der Waals surface area contributed by atoms with Crippen LogP contribution >= 0.6 is 11.6 Å². The van der Waals surface area contributed by atoms with Gasteiger partial charge in [0.25, 0.3) is 0 Å². The number of hydrogen-bond donors (Lipinski definition) is 0. The van der Waals surface area contributed by atoms with Gasteiger partial charge in [0.2, 0.25) is 0 Å². The number of alkyl halides is 1. The third-order valence-electron chi connectivity index (χ3n) is 2.85. The number of hydrogen-bond acceptors (Lipinski definition) is 1. The van der Waals surface area contributed by atoms with Gasteiger partial charge in [0.05, 0.1) is 17.9 Å². The summed E-state index contributed by atoms with van der Waals surface area (Å²) in [5.41, 5.74) is 1.13. The summed E-state index contributed by atoms with van der Waals surface area (Å²) in [6, 6.07) is 0. The minimum atomic E-state index is 0.567. The van der Waals surface area contributed by atoms with Gasteiger partial charge >= 0.3 is 0 Å². The van der Waals surface area contributed by atoms with Crippen LogP contribution in [0, 0.1) is 11.8 Å². The van der Waals surface area contributed by atoms with Crippen LogP contribution in [0.3, 0.4) is 0 Å². The molecule has 1 aromatic heterocycles. The van der Waals surface area contributed by atoms with Crippen molar-refractivity contribution >= 4 is 11.6 Å². The first kappa shape index (κ1) is 9.07. The lowest BCUT2D eigenvalue weighted by Crippen LogP contribution is -2.10. The zero-order valence-corrected chi connectivity index (χ0v) is 8.67. The molecule has 1 unspecified atom stereocenters. The molecular formula is C10H15ClN2. The van der Waals surface area contributed by atoms with Crippen molar-refractivity contribution in [1.82, 2.24) is 9.55 Å². The molecule has 1 aliphatic rings. The van der Waals surface area contributed by atoms with Gasteiger partial charge in [0, 0.05) is 12.7 Å². The Morgan fingerprint density at radius 3 is 3.08 bits per heavy atom. The Labute approximate surface area is 83.9 Å². The third kappa shape index (κ3) is 2.05. The molecular weight excluding hydrogens is 184 g/mol. The van der Waals surface area contributed by atoms with Gasteiger partial charge in [-0.1, -0.05) is 6.92 Å². The minimum absolute atomic E-state index is 0.567. The minimum Gasteiger partial charge on any atom is -0.333 e. The van der Waals surface area contributed by atoms with E-state index in [4.69, 9.17) is 11.6 Å². The molecule has 0 bridgehead atoms. The van der Waals surface area contributed by atoms with E-state index in [1.165, 1.54) is 12.8 Å². The lowest BCUT2D eigenvalue weighted by atomic mass is 10.1. The Morgan fingerprint density at radius 2 is 2.46 bits per heavy atom. The summed E-state index contributed by atoms with van der Waals surface area (Å²) in [5.74, 6) is 2.29. The van der Waals surface area contributed by atoms with Gasteiger partial charge < -0.3 is 4.57 Å². The van der Waals surface area contributed by atoms with Crippen LogP contribution in [0.1, 0.15) is 25.5 Å². The van der Waals surface area contributed by atoms with Crippen LogP contribution in [-0.2, 0) is 12.4 Å². The van der Waals surface area contributed by atoms with Gasteiger partial charge in [-0.3, -0.25) is 0 Å². The second-order valence-corrected chi connectivity index (χ2v) is 4.25. The van der Waals surface area contributed by atoms with Crippen molar-refractivity contribution in [3.63, 3.8) is 0 Å². The number of rotatable bonds is 4. The highest BCUT2D eigenvalue weighted by atomic mass is 35.5. The van der Waals surface area contributed by atoms with Gasteiger partial charge in [-0.15, -0.1) is 11.6 Å². The predicted molar refractivity (Wildman–Crippen MR) is 53.7 cm³/mol. The normalized spacial score (nSPS) is 18.9. The van der Waals surface area contributed by atoms with E-state index in [1.54, 1.807) is 0 Å². The fourth-order valence-corrected chi connectivity index (χ4v) is 1.97. The number of imidazole rings is 1. The van der Waals surface area contributed by atoms with E-state index in [-0.39, 0.29) is 0 Å². The molecule has 0 aromatic carbocycles. The molecule has 13 heavy (non-hydrogen) atoms. The highest BCUT2D eigenvalue weighted by Crippen LogP contribution is 2.37. The number of halogens is 1. The zero-order valence-electron chi connectivity index (χ0n) is 7.91. The van der Waals surface area contributed by atoms with Crippen molar-refractivity contribution in [2.24, 2.45) is 11.8 Å². The first-order valence-corrected chi connectivity index (χ1v) is 5.39. The van der Waals surface area contributed by atoms with Crippen molar-refractivity contribution in [1.29, 1.82) is 0 Å². The summed E-state index contributed by atoms with van der Waals surface area (Å²) in [4.78, 5) is 4.10. The largest absolute Gasteiger partial charge is 0.333 e. The lowest BCUT2D eigenvalue weighted by molar-refractivity contribution is 0.425.